The van der Waals surface area contributed by atoms with Gasteiger partial charge in [-0.2, -0.15) is 0 Å². The average molecular weight is 257 g/mol. The van der Waals surface area contributed by atoms with Crippen molar-refractivity contribution in [3.63, 3.8) is 0 Å². The van der Waals surface area contributed by atoms with Crippen molar-refractivity contribution < 1.29 is 9.90 Å². The molecule has 2 N–H and O–H groups in total. The minimum absolute atomic E-state index is 0.538. The summed E-state index contributed by atoms with van der Waals surface area (Å²) in [5.41, 5.74) is -0.853. The zero-order valence-electron chi connectivity index (χ0n) is 12.1. The fourth-order valence-corrected chi connectivity index (χ4v) is 2.81. The number of nitrogens with one attached hydrogen (secondary N) is 1. The van der Waals surface area contributed by atoms with Gasteiger partial charge in [0.15, 0.2) is 0 Å². The van der Waals surface area contributed by atoms with Crippen molar-refractivity contribution in [2.45, 2.75) is 25.8 Å². The van der Waals surface area contributed by atoms with E-state index in [2.05, 4.69) is 22.2 Å². The molecule has 1 fully saturated rings. The van der Waals surface area contributed by atoms with Crippen molar-refractivity contribution in [2.24, 2.45) is 5.92 Å². The SMILES string of the molecule is CCNC(C)(CN(C)CC1CCN(C)C1)C(=O)O. The maximum Gasteiger partial charge on any atom is 0.324 e. The first-order valence-electron chi connectivity index (χ1n) is 6.73. The van der Waals surface area contributed by atoms with Crippen LogP contribution in [-0.4, -0.2) is 73.2 Å². The van der Waals surface area contributed by atoms with E-state index < -0.39 is 11.5 Å². The molecule has 5 nitrogen and oxygen atoms in total. The van der Waals surface area contributed by atoms with Gasteiger partial charge in [-0.25, -0.2) is 0 Å². The number of likely N-dealkylation sites (tertiary alicyclic amines) is 1. The number of carboxylic acid groups (broad SMARTS) is 1. The summed E-state index contributed by atoms with van der Waals surface area (Å²) in [7, 11) is 4.15. The molecule has 18 heavy (non-hydrogen) atoms. The smallest absolute Gasteiger partial charge is 0.324 e. The van der Waals surface area contributed by atoms with E-state index in [0.717, 1.165) is 19.6 Å². The Kier molecular flexibility index (Phi) is 5.56. The van der Waals surface area contributed by atoms with Gasteiger partial charge >= 0.3 is 5.97 Å². The van der Waals surface area contributed by atoms with Gasteiger partial charge in [-0.15, -0.1) is 0 Å². The molecule has 1 aliphatic rings. The van der Waals surface area contributed by atoms with Crippen molar-refractivity contribution in [1.82, 2.24) is 15.1 Å². The first kappa shape index (κ1) is 15.4. The molecule has 2 atom stereocenters. The summed E-state index contributed by atoms with van der Waals surface area (Å²) in [6.45, 7) is 8.15. The molecular formula is C13H27N3O2. The van der Waals surface area contributed by atoms with E-state index in [1.807, 2.05) is 14.0 Å². The van der Waals surface area contributed by atoms with Gasteiger partial charge in [-0.05, 0) is 46.4 Å². The molecular weight excluding hydrogens is 230 g/mol. The van der Waals surface area contributed by atoms with Gasteiger partial charge in [-0.1, -0.05) is 6.92 Å². The normalized spacial score (nSPS) is 24.4. The molecule has 1 saturated heterocycles. The number of carboxylic acids is 1. The summed E-state index contributed by atoms with van der Waals surface area (Å²) in [5, 5.41) is 12.4. The van der Waals surface area contributed by atoms with E-state index in [1.165, 1.54) is 6.42 Å². The molecule has 5 heteroatoms. The zero-order chi connectivity index (χ0) is 13.8. The van der Waals surface area contributed by atoms with Crippen molar-refractivity contribution >= 4 is 5.97 Å². The molecule has 0 aromatic carbocycles. The quantitative estimate of drug-likeness (QED) is 0.688. The highest BCUT2D eigenvalue weighted by Crippen LogP contribution is 2.16. The molecule has 0 aromatic rings. The van der Waals surface area contributed by atoms with Crippen molar-refractivity contribution in [1.29, 1.82) is 0 Å². The second-order valence-electron chi connectivity index (χ2n) is 5.78. The van der Waals surface area contributed by atoms with Crippen molar-refractivity contribution in [2.75, 3.05) is 46.8 Å². The minimum atomic E-state index is -0.853. The Hall–Kier alpha value is -0.650. The Labute approximate surface area is 110 Å². The summed E-state index contributed by atoms with van der Waals surface area (Å²) in [5.74, 6) is -0.112. The maximum absolute atomic E-state index is 11.3. The largest absolute Gasteiger partial charge is 0.480 e. The van der Waals surface area contributed by atoms with Crippen molar-refractivity contribution in [3.8, 4) is 0 Å². The fraction of sp³-hybridized carbons (Fsp3) is 0.923. The Balaban J connectivity index is 2.46. The van der Waals surface area contributed by atoms with Crippen LogP contribution in [0.15, 0.2) is 0 Å². The highest BCUT2D eigenvalue weighted by atomic mass is 16.4. The van der Waals surface area contributed by atoms with E-state index in [-0.39, 0.29) is 0 Å². The minimum Gasteiger partial charge on any atom is -0.480 e. The van der Waals surface area contributed by atoms with E-state index in [0.29, 0.717) is 19.0 Å². The number of hydrogen-bond donors (Lipinski definition) is 2. The lowest BCUT2D eigenvalue weighted by Crippen LogP contribution is -2.56. The standard InChI is InChI=1S/C13H27N3O2/c1-5-14-13(2,12(17)18)10-16(4)9-11-6-7-15(3)8-11/h11,14H,5-10H2,1-4H3,(H,17,18). The molecule has 1 rings (SSSR count). The van der Waals surface area contributed by atoms with Gasteiger partial charge in [0, 0.05) is 19.6 Å². The van der Waals surface area contributed by atoms with Gasteiger partial charge in [-0.3, -0.25) is 4.79 Å². The summed E-state index contributed by atoms with van der Waals surface area (Å²) in [4.78, 5) is 15.8. The summed E-state index contributed by atoms with van der Waals surface area (Å²) < 4.78 is 0. The molecule has 0 bridgehead atoms. The summed E-state index contributed by atoms with van der Waals surface area (Å²) in [6, 6.07) is 0. The van der Waals surface area contributed by atoms with E-state index in [9.17, 15) is 9.90 Å². The topological polar surface area (TPSA) is 55.8 Å². The molecule has 0 aliphatic carbocycles. The van der Waals surface area contributed by atoms with Gasteiger partial charge in [0.05, 0.1) is 0 Å². The van der Waals surface area contributed by atoms with Crippen LogP contribution in [0.2, 0.25) is 0 Å². The van der Waals surface area contributed by atoms with Crippen LogP contribution in [0, 0.1) is 5.92 Å². The van der Waals surface area contributed by atoms with Gasteiger partial charge in [0.2, 0.25) is 0 Å². The van der Waals surface area contributed by atoms with Crippen LogP contribution >= 0.6 is 0 Å². The summed E-state index contributed by atoms with van der Waals surface area (Å²) in [6.07, 6.45) is 1.21. The van der Waals surface area contributed by atoms with E-state index >= 15 is 0 Å². The first-order chi connectivity index (χ1) is 8.37. The third-order valence-corrected chi connectivity index (χ3v) is 3.68. The van der Waals surface area contributed by atoms with Crippen LogP contribution in [0.4, 0.5) is 0 Å². The molecule has 0 aromatic heterocycles. The van der Waals surface area contributed by atoms with Crippen LogP contribution in [0.3, 0.4) is 0 Å². The second kappa shape index (κ2) is 6.50. The lowest BCUT2D eigenvalue weighted by Gasteiger charge is -2.32. The molecule has 0 radical (unpaired) electrons. The maximum atomic E-state index is 11.3. The second-order valence-corrected chi connectivity index (χ2v) is 5.78. The monoisotopic (exact) mass is 257 g/mol. The van der Waals surface area contributed by atoms with Crippen molar-refractivity contribution in [3.05, 3.63) is 0 Å². The highest BCUT2D eigenvalue weighted by Gasteiger charge is 2.34. The summed E-state index contributed by atoms with van der Waals surface area (Å²) >= 11 is 0. The molecule has 0 saturated carbocycles. The molecule has 106 valence electrons. The van der Waals surface area contributed by atoms with E-state index in [1.54, 1.807) is 6.92 Å². The van der Waals surface area contributed by atoms with Crippen LogP contribution < -0.4 is 5.32 Å². The van der Waals surface area contributed by atoms with Crippen LogP contribution in [0.25, 0.3) is 0 Å². The predicted molar refractivity (Wildman–Crippen MR) is 72.8 cm³/mol. The first-order valence-corrected chi connectivity index (χ1v) is 6.73. The van der Waals surface area contributed by atoms with Crippen LogP contribution in [0.5, 0.6) is 0 Å². The number of hydrogen-bond acceptors (Lipinski definition) is 4. The average Bonchev–Trinajstić information content (AvgIpc) is 2.63. The molecule has 2 unspecified atom stereocenters. The Morgan fingerprint density at radius 3 is 2.72 bits per heavy atom. The molecule has 0 amide bonds. The van der Waals surface area contributed by atoms with E-state index in [4.69, 9.17) is 0 Å². The highest BCUT2D eigenvalue weighted by molar-refractivity contribution is 5.78. The Bertz CT molecular complexity index is 285. The predicted octanol–water partition coefficient (Wildman–Crippen LogP) is 0.323. The van der Waals surface area contributed by atoms with Gasteiger partial charge in [0.1, 0.15) is 5.54 Å². The molecule has 0 spiro atoms. The third-order valence-electron chi connectivity index (χ3n) is 3.68. The van der Waals surface area contributed by atoms with Gasteiger partial charge in [0.25, 0.3) is 0 Å². The number of nitrogens with zero attached hydrogens (tertiary/aromatic N) is 2. The molecule has 1 heterocycles. The fourth-order valence-electron chi connectivity index (χ4n) is 2.81. The number of rotatable bonds is 7. The Morgan fingerprint density at radius 2 is 2.28 bits per heavy atom. The van der Waals surface area contributed by atoms with Crippen LogP contribution in [-0.2, 0) is 4.79 Å². The van der Waals surface area contributed by atoms with Crippen LogP contribution in [0.1, 0.15) is 20.3 Å². The Morgan fingerprint density at radius 1 is 1.61 bits per heavy atom. The third kappa shape index (κ3) is 4.23. The number of likely N-dealkylation sites (N-methyl/N-ethyl adjacent to an activating group) is 2. The number of carbonyl (C=O) groups is 1. The zero-order valence-corrected chi connectivity index (χ0v) is 12.1. The van der Waals surface area contributed by atoms with Gasteiger partial charge < -0.3 is 20.2 Å². The lowest BCUT2D eigenvalue weighted by molar-refractivity contribution is -0.144. The molecule has 1 aliphatic heterocycles. The lowest BCUT2D eigenvalue weighted by atomic mass is 10.0. The number of aliphatic carboxylic acids is 1.